The van der Waals surface area contributed by atoms with E-state index in [0.29, 0.717) is 10.8 Å². The van der Waals surface area contributed by atoms with Crippen molar-refractivity contribution in [2.45, 2.75) is 19.9 Å². The van der Waals surface area contributed by atoms with Crippen LogP contribution in [0.5, 0.6) is 0 Å². The van der Waals surface area contributed by atoms with E-state index in [1.54, 1.807) is 31.4 Å². The molecule has 4 nitrogen and oxygen atoms in total. The average Bonchev–Trinajstić information content (AvgIpc) is 2.78. The Morgan fingerprint density at radius 2 is 2.00 bits per heavy atom. The number of carboxylic acid groups (broad SMARTS) is 1. The number of benzene rings is 1. The number of aromatic nitrogens is 1. The smallest absolute Gasteiger partial charge is 0.413 e. The van der Waals surface area contributed by atoms with E-state index in [1.807, 2.05) is 0 Å². The highest BCUT2D eigenvalue weighted by molar-refractivity contribution is 7.14. The Balaban J connectivity index is 2.32. The van der Waals surface area contributed by atoms with Gasteiger partial charge >= 0.3 is 6.09 Å². The third-order valence-electron chi connectivity index (χ3n) is 2.56. The first-order valence-corrected chi connectivity index (χ1v) is 6.60. The van der Waals surface area contributed by atoms with Crippen LogP contribution in [-0.4, -0.2) is 22.2 Å². The van der Waals surface area contributed by atoms with Gasteiger partial charge in [-0.15, -0.1) is 11.3 Å². The second kappa shape index (κ2) is 5.36. The molecule has 100 valence electrons. The minimum atomic E-state index is -1.03. The van der Waals surface area contributed by atoms with E-state index in [-0.39, 0.29) is 11.9 Å². The van der Waals surface area contributed by atoms with Gasteiger partial charge in [0.25, 0.3) is 0 Å². The van der Waals surface area contributed by atoms with E-state index < -0.39 is 6.09 Å². The van der Waals surface area contributed by atoms with Gasteiger partial charge in [0.05, 0.1) is 5.69 Å². The summed E-state index contributed by atoms with van der Waals surface area (Å²) in [7, 11) is 0. The highest BCUT2D eigenvalue weighted by Gasteiger charge is 2.21. The van der Waals surface area contributed by atoms with Crippen LogP contribution in [-0.2, 0) is 0 Å². The fraction of sp³-hybridized carbons (Fsp3) is 0.231. The Bertz CT molecular complexity index is 581. The maximum Gasteiger partial charge on any atom is 0.413 e. The van der Waals surface area contributed by atoms with Gasteiger partial charge in [-0.1, -0.05) is 0 Å². The van der Waals surface area contributed by atoms with Gasteiger partial charge in [0, 0.05) is 17.0 Å². The number of thiazole rings is 1. The van der Waals surface area contributed by atoms with Gasteiger partial charge < -0.3 is 5.11 Å². The van der Waals surface area contributed by atoms with E-state index in [0.717, 1.165) is 5.56 Å². The van der Waals surface area contributed by atoms with Crippen molar-refractivity contribution in [1.82, 2.24) is 4.98 Å². The molecule has 1 heterocycles. The second-order valence-corrected chi connectivity index (χ2v) is 5.11. The fourth-order valence-electron chi connectivity index (χ4n) is 1.65. The molecule has 0 unspecified atom stereocenters. The lowest BCUT2D eigenvalue weighted by Gasteiger charge is -2.19. The lowest BCUT2D eigenvalue weighted by molar-refractivity contribution is 0.200. The number of hydrogen-bond donors (Lipinski definition) is 1. The van der Waals surface area contributed by atoms with Crippen LogP contribution in [0.3, 0.4) is 0 Å². The van der Waals surface area contributed by atoms with E-state index >= 15 is 0 Å². The number of hydrogen-bond acceptors (Lipinski definition) is 3. The van der Waals surface area contributed by atoms with Gasteiger partial charge in [0.15, 0.2) is 5.13 Å². The fourth-order valence-corrected chi connectivity index (χ4v) is 2.61. The van der Waals surface area contributed by atoms with E-state index in [4.69, 9.17) is 5.11 Å². The zero-order valence-corrected chi connectivity index (χ0v) is 11.3. The molecule has 19 heavy (non-hydrogen) atoms. The zero-order valence-electron chi connectivity index (χ0n) is 10.5. The van der Waals surface area contributed by atoms with Crippen LogP contribution in [0.25, 0.3) is 11.3 Å². The van der Waals surface area contributed by atoms with Crippen LogP contribution in [0.15, 0.2) is 29.6 Å². The molecule has 2 aromatic rings. The topological polar surface area (TPSA) is 53.4 Å². The first-order chi connectivity index (χ1) is 8.99. The molecule has 6 heteroatoms. The molecule has 1 amide bonds. The lowest BCUT2D eigenvalue weighted by Crippen LogP contribution is -2.35. The number of halogens is 1. The molecule has 0 fully saturated rings. The average molecular weight is 280 g/mol. The summed E-state index contributed by atoms with van der Waals surface area (Å²) in [6.45, 7) is 3.57. The molecular weight excluding hydrogens is 267 g/mol. The molecule has 1 aromatic carbocycles. The summed E-state index contributed by atoms with van der Waals surface area (Å²) < 4.78 is 12.8. The molecule has 0 aliphatic heterocycles. The molecule has 0 atom stereocenters. The number of amides is 1. The Hall–Kier alpha value is -1.95. The predicted molar refractivity (Wildman–Crippen MR) is 73.1 cm³/mol. The summed E-state index contributed by atoms with van der Waals surface area (Å²) in [5, 5.41) is 11.3. The third-order valence-corrected chi connectivity index (χ3v) is 3.40. The predicted octanol–water partition coefficient (Wildman–Crippen LogP) is 3.84. The number of anilines is 1. The Morgan fingerprint density at radius 1 is 1.37 bits per heavy atom. The molecular formula is C13H13FN2O2S. The second-order valence-electron chi connectivity index (χ2n) is 4.27. The molecule has 0 bridgehead atoms. The molecule has 1 N–H and O–H groups in total. The molecule has 0 radical (unpaired) electrons. The molecule has 1 aromatic heterocycles. The summed E-state index contributed by atoms with van der Waals surface area (Å²) in [4.78, 5) is 16.7. The van der Waals surface area contributed by atoms with Crippen LogP contribution < -0.4 is 4.90 Å². The van der Waals surface area contributed by atoms with Crippen LogP contribution in [0, 0.1) is 5.82 Å². The van der Waals surface area contributed by atoms with Crippen LogP contribution in [0.4, 0.5) is 14.3 Å². The van der Waals surface area contributed by atoms with Crippen molar-refractivity contribution in [2.24, 2.45) is 0 Å². The maximum absolute atomic E-state index is 12.8. The van der Waals surface area contributed by atoms with Crippen LogP contribution >= 0.6 is 11.3 Å². The highest BCUT2D eigenvalue weighted by Crippen LogP contribution is 2.28. The van der Waals surface area contributed by atoms with Gasteiger partial charge in [-0.2, -0.15) is 0 Å². The van der Waals surface area contributed by atoms with Crippen molar-refractivity contribution in [3.8, 4) is 11.3 Å². The SMILES string of the molecule is CC(C)N(C(=O)O)c1nc(-c2ccc(F)cc2)cs1. The van der Waals surface area contributed by atoms with E-state index in [9.17, 15) is 9.18 Å². The quantitative estimate of drug-likeness (QED) is 0.929. The van der Waals surface area contributed by atoms with Crippen molar-refractivity contribution in [2.75, 3.05) is 4.90 Å². The zero-order chi connectivity index (χ0) is 14.0. The molecule has 2 rings (SSSR count). The van der Waals surface area contributed by atoms with E-state index in [1.165, 1.54) is 28.4 Å². The van der Waals surface area contributed by atoms with Crippen molar-refractivity contribution < 1.29 is 14.3 Å². The lowest BCUT2D eigenvalue weighted by atomic mass is 10.2. The summed E-state index contributed by atoms with van der Waals surface area (Å²) in [5.74, 6) is -0.312. The summed E-state index contributed by atoms with van der Waals surface area (Å²) in [6, 6.07) is 5.76. The molecule has 0 saturated carbocycles. The summed E-state index contributed by atoms with van der Waals surface area (Å²) in [6.07, 6.45) is -1.03. The van der Waals surface area contributed by atoms with Gasteiger partial charge in [-0.3, -0.25) is 4.90 Å². The van der Waals surface area contributed by atoms with Gasteiger partial charge in [-0.25, -0.2) is 14.2 Å². The van der Waals surface area contributed by atoms with Crippen LogP contribution in [0.1, 0.15) is 13.8 Å². The van der Waals surface area contributed by atoms with Gasteiger partial charge in [-0.05, 0) is 38.1 Å². The minimum Gasteiger partial charge on any atom is -0.465 e. The molecule has 0 aliphatic carbocycles. The minimum absolute atomic E-state index is 0.190. The maximum atomic E-state index is 12.8. The third kappa shape index (κ3) is 2.90. The first-order valence-electron chi connectivity index (χ1n) is 5.72. The highest BCUT2D eigenvalue weighted by atomic mass is 32.1. The van der Waals surface area contributed by atoms with Crippen LogP contribution in [0.2, 0.25) is 0 Å². The van der Waals surface area contributed by atoms with Crippen molar-refractivity contribution >= 4 is 22.6 Å². The van der Waals surface area contributed by atoms with Crippen molar-refractivity contribution in [3.05, 3.63) is 35.5 Å². The largest absolute Gasteiger partial charge is 0.465 e. The van der Waals surface area contributed by atoms with Crippen molar-refractivity contribution in [1.29, 1.82) is 0 Å². The summed E-state index contributed by atoms with van der Waals surface area (Å²) in [5.41, 5.74) is 1.41. The van der Waals surface area contributed by atoms with E-state index in [2.05, 4.69) is 4.98 Å². The molecule has 0 aliphatic rings. The number of nitrogens with zero attached hydrogens (tertiary/aromatic N) is 2. The molecule has 0 saturated heterocycles. The number of carbonyl (C=O) groups is 1. The standard InChI is InChI=1S/C13H13FN2O2S/c1-8(2)16(13(17)18)12-15-11(7-19-12)9-3-5-10(14)6-4-9/h3-8H,1-2H3,(H,17,18). The Kier molecular flexibility index (Phi) is 3.80. The monoisotopic (exact) mass is 280 g/mol. The molecule has 0 spiro atoms. The van der Waals surface area contributed by atoms with Crippen molar-refractivity contribution in [3.63, 3.8) is 0 Å². The number of rotatable bonds is 3. The van der Waals surface area contributed by atoms with Gasteiger partial charge in [0.1, 0.15) is 5.82 Å². The normalized spacial score (nSPS) is 10.7. The Labute approximate surface area is 114 Å². The van der Waals surface area contributed by atoms with Gasteiger partial charge in [0.2, 0.25) is 0 Å². The first kappa shape index (κ1) is 13.5. The Morgan fingerprint density at radius 3 is 2.53 bits per heavy atom. The summed E-state index contributed by atoms with van der Waals surface area (Å²) >= 11 is 1.25.